The van der Waals surface area contributed by atoms with E-state index >= 15 is 0 Å². The fourth-order valence-electron chi connectivity index (χ4n) is 3.59. The Kier molecular flexibility index (Phi) is 7.05. The van der Waals surface area contributed by atoms with Crippen molar-refractivity contribution in [2.24, 2.45) is 0 Å². The number of amides is 1. The number of halogens is 5. The second-order valence-electron chi connectivity index (χ2n) is 7.82. The van der Waals surface area contributed by atoms with Crippen molar-refractivity contribution in [1.29, 1.82) is 0 Å². The molecule has 0 spiro atoms. The zero-order valence-electron chi connectivity index (χ0n) is 17.1. The van der Waals surface area contributed by atoms with Crippen LogP contribution in [-0.4, -0.2) is 54.0 Å². The molecule has 2 aliphatic rings. The van der Waals surface area contributed by atoms with E-state index in [9.17, 15) is 22.4 Å². The highest BCUT2D eigenvalue weighted by Gasteiger charge is 2.43. The van der Waals surface area contributed by atoms with Crippen molar-refractivity contribution in [1.82, 2.24) is 15.5 Å². The number of rotatable bonds is 7. The summed E-state index contributed by atoms with van der Waals surface area (Å²) in [6.45, 7) is -0.428. The van der Waals surface area contributed by atoms with Crippen LogP contribution in [0.15, 0.2) is 28.7 Å². The minimum Gasteiger partial charge on any atom is -0.484 e. The van der Waals surface area contributed by atoms with Gasteiger partial charge in [0.15, 0.2) is 6.61 Å². The second kappa shape index (κ2) is 9.82. The zero-order chi connectivity index (χ0) is 23.6. The maximum atomic E-state index is 14.6. The quantitative estimate of drug-likeness (QED) is 0.585. The highest BCUT2D eigenvalue weighted by molar-refractivity contribution is 6.30. The van der Waals surface area contributed by atoms with Gasteiger partial charge in [-0.2, -0.15) is 0 Å². The van der Waals surface area contributed by atoms with Gasteiger partial charge >= 0.3 is 6.36 Å². The Hall–Kier alpha value is -2.44. The molecule has 13 heteroatoms. The highest BCUT2D eigenvalue weighted by atomic mass is 35.5. The normalized spacial score (nSPS) is 27.6. The molecule has 0 bridgehead atoms. The number of carbonyl (C=O) groups excluding carboxylic acids is 1. The monoisotopic (exact) mass is 493 g/mol. The molecule has 1 aliphatic carbocycles. The van der Waals surface area contributed by atoms with Crippen molar-refractivity contribution in [3.63, 3.8) is 0 Å². The first-order valence-corrected chi connectivity index (χ1v) is 10.6. The van der Waals surface area contributed by atoms with Crippen LogP contribution in [0.2, 0.25) is 5.02 Å². The average molecular weight is 494 g/mol. The molecule has 1 aromatic heterocycles. The largest absolute Gasteiger partial charge is 0.522 e. The molecular weight excluding hydrogens is 474 g/mol. The van der Waals surface area contributed by atoms with Gasteiger partial charge in [0.25, 0.3) is 5.91 Å². The van der Waals surface area contributed by atoms with Crippen LogP contribution in [0.25, 0.3) is 0 Å². The van der Waals surface area contributed by atoms with Crippen LogP contribution >= 0.6 is 11.6 Å². The number of alkyl halides is 4. The first-order valence-electron chi connectivity index (χ1n) is 10.2. The molecule has 0 unspecified atom stereocenters. The maximum absolute atomic E-state index is 14.6. The number of nitrogens with one attached hydrogen (secondary N) is 1. The predicted octanol–water partition coefficient (Wildman–Crippen LogP) is 3.87. The van der Waals surface area contributed by atoms with Gasteiger partial charge in [0.2, 0.25) is 11.8 Å². The van der Waals surface area contributed by atoms with E-state index in [0.717, 1.165) is 0 Å². The minimum atomic E-state index is -4.68. The number of hydrogen-bond donors (Lipinski definition) is 1. The Morgan fingerprint density at radius 3 is 2.52 bits per heavy atom. The van der Waals surface area contributed by atoms with Gasteiger partial charge in [0, 0.05) is 17.4 Å². The van der Waals surface area contributed by atoms with E-state index in [2.05, 4.69) is 20.3 Å². The Morgan fingerprint density at radius 2 is 1.85 bits per heavy atom. The third-order valence-electron chi connectivity index (χ3n) is 5.36. The predicted molar refractivity (Wildman–Crippen MR) is 104 cm³/mol. The van der Waals surface area contributed by atoms with Crippen LogP contribution in [0.1, 0.15) is 43.1 Å². The molecule has 33 heavy (non-hydrogen) atoms. The lowest BCUT2D eigenvalue weighted by Crippen LogP contribution is -2.49. The van der Waals surface area contributed by atoms with Crippen molar-refractivity contribution in [3.05, 3.63) is 41.1 Å². The molecule has 1 amide bonds. The summed E-state index contributed by atoms with van der Waals surface area (Å²) >= 11 is 5.78. The smallest absolute Gasteiger partial charge is 0.484 e. The van der Waals surface area contributed by atoms with Crippen molar-refractivity contribution in [3.8, 4) is 5.75 Å². The van der Waals surface area contributed by atoms with Crippen molar-refractivity contribution >= 4 is 17.5 Å². The summed E-state index contributed by atoms with van der Waals surface area (Å²) in [5, 5.41) is 10.7. The highest BCUT2D eigenvalue weighted by Crippen LogP contribution is 2.41. The van der Waals surface area contributed by atoms with E-state index < -0.39 is 36.7 Å². The van der Waals surface area contributed by atoms with Gasteiger partial charge in [-0.05, 0) is 37.1 Å². The number of nitrogens with zero attached hydrogens (tertiary/aromatic N) is 2. The van der Waals surface area contributed by atoms with E-state index in [1.165, 1.54) is 0 Å². The van der Waals surface area contributed by atoms with E-state index in [0.29, 0.717) is 10.8 Å². The Labute approximate surface area is 190 Å². The van der Waals surface area contributed by atoms with E-state index in [1.54, 1.807) is 24.3 Å². The lowest BCUT2D eigenvalue weighted by atomic mass is 9.82. The van der Waals surface area contributed by atoms with Gasteiger partial charge in [0.05, 0.1) is 18.8 Å². The number of ether oxygens (including phenoxy) is 3. The molecule has 0 radical (unpaired) electrons. The van der Waals surface area contributed by atoms with Crippen molar-refractivity contribution < 1.29 is 41.0 Å². The molecule has 2 aromatic rings. The van der Waals surface area contributed by atoms with Gasteiger partial charge in [-0.25, -0.2) is 4.39 Å². The van der Waals surface area contributed by atoms with Crippen molar-refractivity contribution in [2.75, 3.05) is 13.2 Å². The fourth-order valence-corrected chi connectivity index (χ4v) is 3.71. The summed E-state index contributed by atoms with van der Waals surface area (Å²) in [4.78, 5) is 12.1. The summed E-state index contributed by atoms with van der Waals surface area (Å²) in [5.74, 6) is -0.206. The third-order valence-corrected chi connectivity index (χ3v) is 5.61. The molecule has 1 saturated carbocycles. The van der Waals surface area contributed by atoms with Crippen LogP contribution in [0, 0.1) is 0 Å². The van der Waals surface area contributed by atoms with Crippen LogP contribution in [0.4, 0.5) is 17.6 Å². The standard InChI is InChI=1S/C20H20ClF4N3O5/c21-11-1-3-12(4-2-11)30-9-17(29)26-15-8-31-16(7-14(15)22)19-28-27-18(32-19)10-5-13(6-10)33-20(23,24)25/h1-4,10,13-16H,5-9H2,(H,26,29)/t10?,13?,14-,15-,16-/m0/s1. The van der Waals surface area contributed by atoms with E-state index in [4.69, 9.17) is 25.5 Å². The maximum Gasteiger partial charge on any atom is 0.522 e. The molecule has 2 fully saturated rings. The van der Waals surface area contributed by atoms with E-state index in [1.807, 2.05) is 0 Å². The number of carbonyl (C=O) groups is 1. The summed E-state index contributed by atoms with van der Waals surface area (Å²) < 4.78 is 71.6. The Bertz CT molecular complexity index is 952. The van der Waals surface area contributed by atoms with Crippen LogP contribution in [0.5, 0.6) is 5.75 Å². The van der Waals surface area contributed by atoms with Gasteiger partial charge in [-0.15, -0.1) is 23.4 Å². The van der Waals surface area contributed by atoms with Gasteiger partial charge < -0.3 is 19.2 Å². The molecule has 180 valence electrons. The van der Waals surface area contributed by atoms with Crippen molar-refractivity contribution in [2.45, 2.75) is 56.0 Å². The fraction of sp³-hybridized carbons (Fsp3) is 0.550. The molecule has 1 aromatic carbocycles. The summed E-state index contributed by atoms with van der Waals surface area (Å²) in [6, 6.07) is 5.56. The lowest BCUT2D eigenvalue weighted by Gasteiger charge is -2.33. The van der Waals surface area contributed by atoms with Gasteiger partial charge in [-0.3, -0.25) is 9.53 Å². The second-order valence-corrected chi connectivity index (χ2v) is 8.26. The first kappa shape index (κ1) is 23.7. The van der Waals surface area contributed by atoms with Gasteiger partial charge in [0.1, 0.15) is 18.0 Å². The third kappa shape index (κ3) is 6.33. The molecule has 8 nitrogen and oxygen atoms in total. The molecule has 3 atom stereocenters. The topological polar surface area (TPSA) is 95.7 Å². The summed E-state index contributed by atoms with van der Waals surface area (Å²) in [5.41, 5.74) is 0. The molecule has 1 N–H and O–H groups in total. The van der Waals surface area contributed by atoms with Crippen LogP contribution < -0.4 is 10.1 Å². The Balaban J connectivity index is 1.22. The van der Waals surface area contributed by atoms with Crippen LogP contribution in [-0.2, 0) is 14.3 Å². The molecule has 1 saturated heterocycles. The molecule has 2 heterocycles. The lowest BCUT2D eigenvalue weighted by molar-refractivity contribution is -0.352. The average Bonchev–Trinajstić information content (AvgIpc) is 3.20. The Morgan fingerprint density at radius 1 is 1.15 bits per heavy atom. The number of benzene rings is 1. The summed E-state index contributed by atoms with van der Waals surface area (Å²) in [7, 11) is 0. The minimum absolute atomic E-state index is 0.0451. The SMILES string of the molecule is O=C(COc1ccc(Cl)cc1)N[C@H]1CO[C@H](c2nnc(C3CC(OC(F)(F)F)C3)o2)C[C@@H]1F. The summed E-state index contributed by atoms with van der Waals surface area (Å²) in [6.07, 6.45) is -7.81. The van der Waals surface area contributed by atoms with Crippen LogP contribution in [0.3, 0.4) is 0 Å². The molecule has 1 aliphatic heterocycles. The number of aromatic nitrogens is 2. The first-order chi connectivity index (χ1) is 15.7. The number of hydrogen-bond acceptors (Lipinski definition) is 7. The van der Waals surface area contributed by atoms with Gasteiger partial charge in [-0.1, -0.05) is 11.6 Å². The molecular formula is C20H20ClF4N3O5. The zero-order valence-corrected chi connectivity index (χ0v) is 17.8. The van der Waals surface area contributed by atoms with E-state index in [-0.39, 0.29) is 50.2 Å². The molecule has 4 rings (SSSR count).